The maximum absolute atomic E-state index is 6.10. The molecule has 0 fully saturated rings. The van der Waals surface area contributed by atoms with Gasteiger partial charge >= 0.3 is 0 Å². The normalized spacial score (nSPS) is 11.2. The minimum atomic E-state index is 0.590. The Hall–Kier alpha value is -1.11. The molecule has 0 unspecified atom stereocenters. The number of thioether (sulfide) groups is 1. The van der Waals surface area contributed by atoms with Crippen LogP contribution in [0.5, 0.6) is 0 Å². The van der Waals surface area contributed by atoms with E-state index in [0.29, 0.717) is 11.6 Å². The zero-order valence-electron chi connectivity index (χ0n) is 11.7. The summed E-state index contributed by atoms with van der Waals surface area (Å²) in [6, 6.07) is 8.21. The SMILES string of the molecule is Cc1sc2nc(CSc3cccc(Br)c3)nc(N)c2c1C. The van der Waals surface area contributed by atoms with E-state index in [1.165, 1.54) is 15.3 Å². The zero-order valence-corrected chi connectivity index (χ0v) is 14.9. The van der Waals surface area contributed by atoms with Crippen LogP contribution in [0.4, 0.5) is 5.82 Å². The van der Waals surface area contributed by atoms with Gasteiger partial charge < -0.3 is 5.73 Å². The van der Waals surface area contributed by atoms with Gasteiger partial charge in [-0.2, -0.15) is 0 Å². The van der Waals surface area contributed by atoms with E-state index in [-0.39, 0.29) is 0 Å². The highest BCUT2D eigenvalue weighted by molar-refractivity contribution is 9.10. The first-order valence-corrected chi connectivity index (χ1v) is 9.04. The maximum atomic E-state index is 6.10. The quantitative estimate of drug-likeness (QED) is 0.654. The van der Waals surface area contributed by atoms with Crippen molar-refractivity contribution in [3.63, 3.8) is 0 Å². The number of nitrogen functional groups attached to an aromatic ring is 1. The van der Waals surface area contributed by atoms with Gasteiger partial charge in [-0.15, -0.1) is 23.1 Å². The van der Waals surface area contributed by atoms with Crippen LogP contribution < -0.4 is 5.73 Å². The highest BCUT2D eigenvalue weighted by atomic mass is 79.9. The molecule has 0 aliphatic rings. The van der Waals surface area contributed by atoms with E-state index < -0.39 is 0 Å². The third-order valence-corrected chi connectivity index (χ3v) is 5.85. The van der Waals surface area contributed by atoms with E-state index in [4.69, 9.17) is 5.73 Å². The lowest BCUT2D eigenvalue weighted by atomic mass is 10.2. The van der Waals surface area contributed by atoms with Gasteiger partial charge in [-0.05, 0) is 37.6 Å². The predicted molar refractivity (Wildman–Crippen MR) is 95.0 cm³/mol. The van der Waals surface area contributed by atoms with Crippen molar-refractivity contribution >= 4 is 55.1 Å². The number of nitrogens with zero attached hydrogens (tertiary/aromatic N) is 2. The molecule has 0 saturated carbocycles. The molecule has 2 heterocycles. The fourth-order valence-corrected chi connectivity index (χ4v) is 4.51. The van der Waals surface area contributed by atoms with Crippen LogP contribution in [0.2, 0.25) is 0 Å². The van der Waals surface area contributed by atoms with Gasteiger partial charge in [0.2, 0.25) is 0 Å². The fraction of sp³-hybridized carbons (Fsp3) is 0.200. The van der Waals surface area contributed by atoms with Gasteiger partial charge in [-0.3, -0.25) is 0 Å². The molecule has 108 valence electrons. The molecule has 0 aliphatic heterocycles. The van der Waals surface area contributed by atoms with Crippen LogP contribution in [-0.4, -0.2) is 9.97 Å². The highest BCUT2D eigenvalue weighted by Gasteiger charge is 2.12. The van der Waals surface area contributed by atoms with Crippen molar-refractivity contribution < 1.29 is 0 Å². The van der Waals surface area contributed by atoms with Gasteiger partial charge in [0.15, 0.2) is 0 Å². The molecule has 0 saturated heterocycles. The number of hydrogen-bond acceptors (Lipinski definition) is 5. The fourth-order valence-electron chi connectivity index (χ4n) is 2.10. The summed E-state index contributed by atoms with van der Waals surface area (Å²) in [6.07, 6.45) is 0. The number of halogens is 1. The molecule has 21 heavy (non-hydrogen) atoms. The molecule has 2 aromatic heterocycles. The number of thiophene rings is 1. The number of anilines is 1. The van der Waals surface area contributed by atoms with Crippen molar-refractivity contribution in [1.82, 2.24) is 9.97 Å². The first-order chi connectivity index (χ1) is 10.0. The second-order valence-corrected chi connectivity index (χ2v) is 7.90. The third-order valence-electron chi connectivity index (χ3n) is 3.27. The average Bonchev–Trinajstić information content (AvgIpc) is 2.72. The minimum Gasteiger partial charge on any atom is -0.383 e. The Balaban J connectivity index is 1.88. The molecule has 2 N–H and O–H groups in total. The van der Waals surface area contributed by atoms with Gasteiger partial charge in [0, 0.05) is 14.2 Å². The monoisotopic (exact) mass is 379 g/mol. The summed E-state index contributed by atoms with van der Waals surface area (Å²) in [5.41, 5.74) is 7.30. The Bertz CT molecular complexity index is 814. The van der Waals surface area contributed by atoms with E-state index in [1.807, 2.05) is 12.1 Å². The van der Waals surface area contributed by atoms with Crippen molar-refractivity contribution in [2.45, 2.75) is 24.5 Å². The van der Waals surface area contributed by atoms with Crippen molar-refractivity contribution in [1.29, 1.82) is 0 Å². The molecule has 3 aromatic rings. The number of aryl methyl sites for hydroxylation is 2. The molecule has 3 nitrogen and oxygen atoms in total. The van der Waals surface area contributed by atoms with Crippen LogP contribution in [0.1, 0.15) is 16.3 Å². The maximum Gasteiger partial charge on any atom is 0.142 e. The van der Waals surface area contributed by atoms with Crippen molar-refractivity contribution in [2.24, 2.45) is 0 Å². The van der Waals surface area contributed by atoms with Crippen LogP contribution in [0.25, 0.3) is 10.2 Å². The predicted octanol–water partition coefficient (Wildman–Crippen LogP) is 4.95. The zero-order chi connectivity index (χ0) is 15.0. The molecule has 0 amide bonds. The summed E-state index contributed by atoms with van der Waals surface area (Å²) in [5, 5.41) is 1.01. The molecule has 0 radical (unpaired) electrons. The smallest absolute Gasteiger partial charge is 0.142 e. The van der Waals surface area contributed by atoms with E-state index in [0.717, 1.165) is 20.5 Å². The van der Waals surface area contributed by atoms with Crippen LogP contribution in [0.3, 0.4) is 0 Å². The second kappa shape index (κ2) is 5.94. The Labute approximate surface area is 140 Å². The Morgan fingerprint density at radius 2 is 2.10 bits per heavy atom. The van der Waals surface area contributed by atoms with Gasteiger partial charge in [0.1, 0.15) is 16.5 Å². The second-order valence-electron chi connectivity index (χ2n) is 4.73. The Kier molecular flexibility index (Phi) is 4.19. The largest absolute Gasteiger partial charge is 0.383 e. The lowest BCUT2D eigenvalue weighted by molar-refractivity contribution is 1.08. The van der Waals surface area contributed by atoms with Gasteiger partial charge in [0.25, 0.3) is 0 Å². The lowest BCUT2D eigenvalue weighted by Gasteiger charge is -2.04. The van der Waals surface area contributed by atoms with Crippen molar-refractivity contribution in [2.75, 3.05) is 5.73 Å². The summed E-state index contributed by atoms with van der Waals surface area (Å²) >= 11 is 6.87. The summed E-state index contributed by atoms with van der Waals surface area (Å²) in [7, 11) is 0. The average molecular weight is 380 g/mol. The number of nitrogens with two attached hydrogens (primary N) is 1. The van der Waals surface area contributed by atoms with E-state index in [1.54, 1.807) is 23.1 Å². The molecular formula is C15H14BrN3S2. The number of fused-ring (bicyclic) bond motifs is 1. The Morgan fingerprint density at radius 3 is 2.86 bits per heavy atom. The summed E-state index contributed by atoms with van der Waals surface area (Å²) < 4.78 is 1.08. The van der Waals surface area contributed by atoms with Gasteiger partial charge in [-0.25, -0.2) is 9.97 Å². The van der Waals surface area contributed by atoms with Gasteiger partial charge in [0.05, 0.1) is 11.1 Å². The van der Waals surface area contributed by atoms with Crippen LogP contribution in [-0.2, 0) is 5.75 Å². The first-order valence-electron chi connectivity index (χ1n) is 6.45. The van der Waals surface area contributed by atoms with Crippen LogP contribution in [0.15, 0.2) is 33.6 Å². The molecule has 0 aliphatic carbocycles. The summed E-state index contributed by atoms with van der Waals surface area (Å²) in [4.78, 5) is 12.5. The number of aromatic nitrogens is 2. The minimum absolute atomic E-state index is 0.590. The summed E-state index contributed by atoms with van der Waals surface area (Å²) in [5.74, 6) is 2.09. The molecule has 1 aromatic carbocycles. The topological polar surface area (TPSA) is 51.8 Å². The molecule has 3 rings (SSSR count). The van der Waals surface area contributed by atoms with Gasteiger partial charge in [-0.1, -0.05) is 22.0 Å². The molecule has 0 spiro atoms. The highest BCUT2D eigenvalue weighted by Crippen LogP contribution is 2.33. The Morgan fingerprint density at radius 1 is 1.29 bits per heavy atom. The third kappa shape index (κ3) is 3.07. The number of rotatable bonds is 3. The van der Waals surface area contributed by atoms with Crippen LogP contribution >= 0.6 is 39.0 Å². The number of hydrogen-bond donors (Lipinski definition) is 1. The standard InChI is InChI=1S/C15H14BrN3S2/c1-8-9(2)21-15-13(8)14(17)18-12(19-15)7-20-11-5-3-4-10(16)6-11/h3-6H,7H2,1-2H3,(H2,17,18,19). The van der Waals surface area contributed by atoms with E-state index >= 15 is 0 Å². The molecular weight excluding hydrogens is 366 g/mol. The van der Waals surface area contributed by atoms with E-state index in [9.17, 15) is 0 Å². The van der Waals surface area contributed by atoms with Crippen LogP contribution in [0, 0.1) is 13.8 Å². The summed E-state index contributed by atoms with van der Waals surface area (Å²) in [6.45, 7) is 4.17. The number of benzene rings is 1. The van der Waals surface area contributed by atoms with Crippen molar-refractivity contribution in [3.05, 3.63) is 45.0 Å². The molecule has 6 heteroatoms. The van der Waals surface area contributed by atoms with Crippen molar-refractivity contribution in [3.8, 4) is 0 Å². The molecule has 0 bridgehead atoms. The lowest BCUT2D eigenvalue weighted by Crippen LogP contribution is -1.99. The van der Waals surface area contributed by atoms with E-state index in [2.05, 4.69) is 51.9 Å². The molecule has 0 atom stereocenters. The first kappa shape index (κ1) is 14.8.